The van der Waals surface area contributed by atoms with Crippen molar-refractivity contribution in [2.24, 2.45) is 0 Å². The molecule has 0 aliphatic heterocycles. The first kappa shape index (κ1) is 6.92. The van der Waals surface area contributed by atoms with Gasteiger partial charge in [0.25, 0.3) is 0 Å². The molecule has 42 valence electrons. The van der Waals surface area contributed by atoms with Gasteiger partial charge < -0.3 is 5.11 Å². The molecule has 0 spiro atoms. The molecule has 0 aromatic rings. The lowest BCUT2D eigenvalue weighted by molar-refractivity contribution is 0.516. The largest absolute Gasteiger partial charge is 0.462 e. The number of hydrogen-bond acceptors (Lipinski definition) is 1. The molecule has 0 saturated heterocycles. The molecule has 0 aliphatic rings. The summed E-state index contributed by atoms with van der Waals surface area (Å²) in [6.07, 6.45) is 9.08. The molecule has 0 amide bonds. The number of rotatable bonds is 2. The Hall–Kier alpha value is -1.08. The summed E-state index contributed by atoms with van der Waals surface area (Å²) in [6, 6.07) is 0. The van der Waals surface area contributed by atoms with Crippen molar-refractivity contribution in [3.63, 3.8) is 0 Å². The average molecular weight is 108 g/mol. The Morgan fingerprint density at radius 3 is 2.62 bits per heavy atom. The van der Waals surface area contributed by atoms with E-state index in [1.165, 1.54) is 0 Å². The van der Waals surface area contributed by atoms with Gasteiger partial charge in [0, 0.05) is 12.8 Å². The molecule has 0 fully saturated rings. The minimum atomic E-state index is 0.695. The van der Waals surface area contributed by atoms with E-state index in [1.54, 1.807) is 0 Å². The Morgan fingerprint density at radius 2 is 2.12 bits per heavy atom. The summed E-state index contributed by atoms with van der Waals surface area (Å²) in [4.78, 5) is 0. The maximum absolute atomic E-state index is 7.95. The van der Waals surface area contributed by atoms with Crippen LogP contribution in [-0.4, -0.2) is 5.11 Å². The van der Waals surface area contributed by atoms with Crippen LogP contribution >= 0.6 is 0 Å². The van der Waals surface area contributed by atoms with Crippen molar-refractivity contribution >= 4 is 0 Å². The summed E-state index contributed by atoms with van der Waals surface area (Å²) >= 11 is 0. The van der Waals surface area contributed by atoms with E-state index < -0.39 is 0 Å². The third kappa shape index (κ3) is 4.92. The molecule has 1 heteroatoms. The van der Waals surface area contributed by atoms with Gasteiger partial charge in [-0.1, -0.05) is 5.92 Å². The number of unbranched alkanes of at least 4 members (excludes halogenated alkanes) is 2. The fourth-order valence-electron chi connectivity index (χ4n) is 0.335. The summed E-state index contributed by atoms with van der Waals surface area (Å²) in [5.74, 6) is 4.97. The molecular weight excluding hydrogens is 100 g/mol. The van der Waals surface area contributed by atoms with E-state index in [-0.39, 0.29) is 0 Å². The quantitative estimate of drug-likeness (QED) is 0.415. The highest BCUT2D eigenvalue weighted by Gasteiger charge is 1.76. The highest BCUT2D eigenvalue weighted by molar-refractivity contribution is 4.91. The van der Waals surface area contributed by atoms with Gasteiger partial charge in [0.2, 0.25) is 0 Å². The van der Waals surface area contributed by atoms with Gasteiger partial charge in [-0.15, -0.1) is 12.3 Å². The van der Waals surface area contributed by atoms with Crippen LogP contribution in [0.5, 0.6) is 0 Å². The van der Waals surface area contributed by atoms with Crippen molar-refractivity contribution in [1.29, 1.82) is 0 Å². The first-order valence-corrected chi connectivity index (χ1v) is 2.47. The topological polar surface area (TPSA) is 20.2 Å². The molecule has 1 nitrogen and oxygen atoms in total. The van der Waals surface area contributed by atoms with Gasteiger partial charge >= 0.3 is 0 Å². The van der Waals surface area contributed by atoms with E-state index in [0.717, 1.165) is 12.8 Å². The zero-order valence-electron chi connectivity index (χ0n) is 4.65. The average Bonchev–Trinajstić information content (AvgIpc) is 1.81. The van der Waals surface area contributed by atoms with Crippen LogP contribution in [0, 0.1) is 24.4 Å². The first-order valence-electron chi connectivity index (χ1n) is 2.47. The van der Waals surface area contributed by atoms with Gasteiger partial charge in [-0.3, -0.25) is 0 Å². The fraction of sp³-hybridized carbons (Fsp3) is 0.429. The highest BCUT2D eigenvalue weighted by Crippen LogP contribution is 1.89. The number of hydrogen-bond donors (Lipinski definition) is 1. The number of terminal acetylenes is 1. The van der Waals surface area contributed by atoms with Crippen molar-refractivity contribution in [2.45, 2.75) is 19.3 Å². The minimum Gasteiger partial charge on any atom is -0.462 e. The Bertz CT molecular complexity index is 131. The second kappa shape index (κ2) is 5.92. The van der Waals surface area contributed by atoms with Crippen molar-refractivity contribution in [2.75, 3.05) is 0 Å². The van der Waals surface area contributed by atoms with Crippen LogP contribution in [-0.2, 0) is 0 Å². The van der Waals surface area contributed by atoms with Crippen molar-refractivity contribution in [1.82, 2.24) is 0 Å². The van der Waals surface area contributed by atoms with E-state index in [1.807, 2.05) is 6.11 Å². The zero-order chi connectivity index (χ0) is 6.24. The Balaban J connectivity index is 2.93. The van der Waals surface area contributed by atoms with Crippen LogP contribution in [0.2, 0.25) is 0 Å². The van der Waals surface area contributed by atoms with Gasteiger partial charge in [-0.2, -0.15) is 0 Å². The Morgan fingerprint density at radius 1 is 1.38 bits per heavy atom. The van der Waals surface area contributed by atoms with Crippen molar-refractivity contribution in [3.05, 3.63) is 0 Å². The smallest absolute Gasteiger partial charge is 0.107 e. The lowest BCUT2D eigenvalue weighted by Crippen LogP contribution is -1.67. The molecule has 0 aliphatic carbocycles. The van der Waals surface area contributed by atoms with Crippen LogP contribution < -0.4 is 0 Å². The molecule has 8 heavy (non-hydrogen) atoms. The molecule has 0 radical (unpaired) electrons. The Labute approximate surface area is 49.7 Å². The molecule has 0 saturated carbocycles. The van der Waals surface area contributed by atoms with Crippen LogP contribution in [0.15, 0.2) is 0 Å². The third-order valence-corrected chi connectivity index (χ3v) is 0.702. The molecule has 1 N–H and O–H groups in total. The SMILES string of the molecule is C#CCCCC#CO. The predicted molar refractivity (Wildman–Crippen MR) is 32.4 cm³/mol. The highest BCUT2D eigenvalue weighted by atomic mass is 16.2. The Kier molecular flexibility index (Phi) is 5.12. The molecule has 0 rings (SSSR count). The zero-order valence-corrected chi connectivity index (χ0v) is 4.65. The molecule has 0 bridgehead atoms. The first-order chi connectivity index (χ1) is 3.91. The van der Waals surface area contributed by atoms with Crippen LogP contribution in [0.4, 0.5) is 0 Å². The lowest BCUT2D eigenvalue weighted by atomic mass is 10.2. The number of aliphatic hydroxyl groups is 1. The van der Waals surface area contributed by atoms with Crippen molar-refractivity contribution < 1.29 is 5.11 Å². The maximum atomic E-state index is 7.95. The van der Waals surface area contributed by atoms with Gasteiger partial charge in [-0.05, 0) is 6.42 Å². The summed E-state index contributed by atoms with van der Waals surface area (Å²) in [7, 11) is 0. The second-order valence-corrected chi connectivity index (χ2v) is 1.35. The normalized spacial score (nSPS) is 6.38. The van der Waals surface area contributed by atoms with Gasteiger partial charge in [0.05, 0.1) is 0 Å². The van der Waals surface area contributed by atoms with Crippen LogP contribution in [0.1, 0.15) is 19.3 Å². The summed E-state index contributed by atoms with van der Waals surface area (Å²) in [5.41, 5.74) is 0. The second-order valence-electron chi connectivity index (χ2n) is 1.35. The molecular formula is C7H8O. The van der Waals surface area contributed by atoms with Crippen LogP contribution in [0.3, 0.4) is 0 Å². The fourth-order valence-corrected chi connectivity index (χ4v) is 0.335. The third-order valence-electron chi connectivity index (χ3n) is 0.702. The van der Waals surface area contributed by atoms with Gasteiger partial charge in [-0.25, -0.2) is 0 Å². The van der Waals surface area contributed by atoms with E-state index >= 15 is 0 Å². The maximum Gasteiger partial charge on any atom is 0.107 e. The van der Waals surface area contributed by atoms with E-state index in [2.05, 4.69) is 11.8 Å². The van der Waals surface area contributed by atoms with Crippen LogP contribution in [0.25, 0.3) is 0 Å². The van der Waals surface area contributed by atoms with Gasteiger partial charge in [0.1, 0.15) is 6.11 Å². The standard InChI is InChI=1S/C7H8O/c1-2-3-4-5-6-7-8/h1,8H,3-5H2. The number of aliphatic hydroxyl groups excluding tert-OH is 1. The molecule has 0 aromatic heterocycles. The van der Waals surface area contributed by atoms with E-state index in [4.69, 9.17) is 11.5 Å². The summed E-state index contributed by atoms with van der Waals surface area (Å²) < 4.78 is 0. The molecule has 0 aromatic carbocycles. The monoisotopic (exact) mass is 108 g/mol. The molecule has 0 unspecified atom stereocenters. The predicted octanol–water partition coefficient (Wildman–Crippen LogP) is 1.12. The molecule has 0 heterocycles. The molecule has 0 atom stereocenters. The lowest BCUT2D eigenvalue weighted by Gasteiger charge is -1.80. The minimum absolute atomic E-state index is 0.695. The summed E-state index contributed by atoms with van der Waals surface area (Å²) in [6.45, 7) is 0. The van der Waals surface area contributed by atoms with E-state index in [0.29, 0.717) is 6.42 Å². The van der Waals surface area contributed by atoms with E-state index in [9.17, 15) is 0 Å². The van der Waals surface area contributed by atoms with Crippen molar-refractivity contribution in [3.8, 4) is 24.4 Å². The van der Waals surface area contributed by atoms with Gasteiger partial charge in [0.15, 0.2) is 0 Å². The summed E-state index contributed by atoms with van der Waals surface area (Å²) in [5, 5.41) is 7.95.